The fourth-order valence-corrected chi connectivity index (χ4v) is 4.42. The number of amides is 2. The second-order valence-corrected chi connectivity index (χ2v) is 8.24. The molecule has 1 atom stereocenters. The Morgan fingerprint density at radius 3 is 2.52 bits per heavy atom. The van der Waals surface area contributed by atoms with Crippen LogP contribution in [0.1, 0.15) is 47.5 Å². The minimum absolute atomic E-state index is 0.0396. The summed E-state index contributed by atoms with van der Waals surface area (Å²) in [6, 6.07) is 11.6. The lowest BCUT2D eigenvalue weighted by Gasteiger charge is -2.47. The largest absolute Gasteiger partial charge is 0.487 e. The zero-order valence-electron chi connectivity index (χ0n) is 17.0. The van der Waals surface area contributed by atoms with E-state index in [4.69, 9.17) is 4.74 Å². The van der Waals surface area contributed by atoms with Gasteiger partial charge >= 0.3 is 0 Å². The molecule has 6 heteroatoms. The van der Waals surface area contributed by atoms with Crippen molar-refractivity contribution < 1.29 is 14.3 Å². The van der Waals surface area contributed by atoms with Crippen molar-refractivity contribution in [3.05, 3.63) is 59.9 Å². The van der Waals surface area contributed by atoms with Gasteiger partial charge in [-0.25, -0.2) is 0 Å². The number of nitrogens with zero attached hydrogens (tertiary/aromatic N) is 3. The second-order valence-electron chi connectivity index (χ2n) is 8.24. The molecule has 1 fully saturated rings. The molecule has 2 aliphatic rings. The van der Waals surface area contributed by atoms with Crippen molar-refractivity contribution in [2.75, 3.05) is 27.2 Å². The SMILES string of the molecule is CN(C)C(=O)C[C@@H]1CC2(CCN(C(=O)c3ccncc3)CC2)Oc2ccccc21. The van der Waals surface area contributed by atoms with Gasteiger partial charge in [0.05, 0.1) is 0 Å². The van der Waals surface area contributed by atoms with Gasteiger partial charge < -0.3 is 14.5 Å². The smallest absolute Gasteiger partial charge is 0.253 e. The van der Waals surface area contributed by atoms with Gasteiger partial charge in [0.2, 0.25) is 5.91 Å². The van der Waals surface area contributed by atoms with Gasteiger partial charge in [0.1, 0.15) is 11.4 Å². The number of aromatic nitrogens is 1. The minimum atomic E-state index is -0.319. The Morgan fingerprint density at radius 2 is 1.83 bits per heavy atom. The van der Waals surface area contributed by atoms with Gasteiger partial charge in [0.15, 0.2) is 0 Å². The highest BCUT2D eigenvalue weighted by Crippen LogP contribution is 2.46. The van der Waals surface area contributed by atoms with E-state index in [0.717, 1.165) is 30.6 Å². The van der Waals surface area contributed by atoms with Crippen molar-refractivity contribution in [3.8, 4) is 5.75 Å². The van der Waals surface area contributed by atoms with Crippen LogP contribution in [-0.4, -0.2) is 59.4 Å². The van der Waals surface area contributed by atoms with Crippen LogP contribution in [0.2, 0.25) is 0 Å². The molecule has 1 saturated heterocycles. The summed E-state index contributed by atoms with van der Waals surface area (Å²) in [6.45, 7) is 1.30. The Hall–Kier alpha value is -2.89. The predicted octanol–water partition coefficient (Wildman–Crippen LogP) is 3.10. The molecule has 0 saturated carbocycles. The molecule has 0 unspecified atom stereocenters. The first-order valence-corrected chi connectivity index (χ1v) is 10.1. The standard InChI is InChI=1S/C23H27N3O3/c1-25(2)21(27)15-18-16-23(29-20-6-4-3-5-19(18)20)9-13-26(14-10-23)22(28)17-7-11-24-12-8-17/h3-8,11-12,18H,9-10,13-16H2,1-2H3/t18-/m1/s1. The van der Waals surface area contributed by atoms with Crippen LogP contribution in [0, 0.1) is 0 Å². The van der Waals surface area contributed by atoms with Crippen molar-refractivity contribution in [1.82, 2.24) is 14.8 Å². The van der Waals surface area contributed by atoms with E-state index < -0.39 is 0 Å². The van der Waals surface area contributed by atoms with E-state index in [0.29, 0.717) is 25.1 Å². The maximum atomic E-state index is 12.8. The highest BCUT2D eigenvalue weighted by Gasteiger charge is 2.44. The summed E-state index contributed by atoms with van der Waals surface area (Å²) in [5.74, 6) is 1.19. The van der Waals surface area contributed by atoms with Gasteiger partial charge in [-0.3, -0.25) is 14.6 Å². The summed E-state index contributed by atoms with van der Waals surface area (Å²) in [7, 11) is 3.60. The van der Waals surface area contributed by atoms with Gasteiger partial charge in [-0.15, -0.1) is 0 Å². The van der Waals surface area contributed by atoms with Crippen LogP contribution >= 0.6 is 0 Å². The minimum Gasteiger partial charge on any atom is -0.487 e. The molecule has 4 rings (SSSR count). The Kier molecular flexibility index (Phi) is 5.26. The first-order valence-electron chi connectivity index (χ1n) is 10.1. The molecule has 2 aromatic rings. The number of pyridine rings is 1. The first-order chi connectivity index (χ1) is 14.0. The molecule has 29 heavy (non-hydrogen) atoms. The van der Waals surface area contributed by atoms with E-state index in [-0.39, 0.29) is 23.3 Å². The number of carbonyl (C=O) groups excluding carboxylic acids is 2. The zero-order valence-corrected chi connectivity index (χ0v) is 17.0. The van der Waals surface area contributed by atoms with Crippen LogP contribution in [-0.2, 0) is 4.79 Å². The lowest BCUT2D eigenvalue weighted by atomic mass is 9.76. The average Bonchev–Trinajstić information content (AvgIpc) is 2.74. The normalized spacial score (nSPS) is 19.9. The molecule has 0 bridgehead atoms. The summed E-state index contributed by atoms with van der Waals surface area (Å²) < 4.78 is 6.49. The van der Waals surface area contributed by atoms with Crippen LogP contribution in [0.5, 0.6) is 5.75 Å². The maximum Gasteiger partial charge on any atom is 0.253 e. The monoisotopic (exact) mass is 393 g/mol. The number of hydrogen-bond donors (Lipinski definition) is 0. The molecule has 2 aliphatic heterocycles. The van der Waals surface area contributed by atoms with Crippen molar-refractivity contribution in [3.63, 3.8) is 0 Å². The molecule has 6 nitrogen and oxygen atoms in total. The molecule has 3 heterocycles. The summed E-state index contributed by atoms with van der Waals surface area (Å²) in [4.78, 5) is 32.7. The lowest BCUT2D eigenvalue weighted by molar-refractivity contribution is -0.129. The van der Waals surface area contributed by atoms with Gasteiger partial charge in [0, 0.05) is 70.3 Å². The summed E-state index contributed by atoms with van der Waals surface area (Å²) >= 11 is 0. The van der Waals surface area contributed by atoms with Crippen molar-refractivity contribution in [1.29, 1.82) is 0 Å². The van der Waals surface area contributed by atoms with Crippen LogP contribution in [0.3, 0.4) is 0 Å². The Balaban J connectivity index is 1.50. The van der Waals surface area contributed by atoms with Crippen molar-refractivity contribution in [2.45, 2.75) is 37.2 Å². The molecule has 0 aliphatic carbocycles. The average molecular weight is 393 g/mol. The maximum absolute atomic E-state index is 12.8. The fraction of sp³-hybridized carbons (Fsp3) is 0.435. The third-order valence-electron chi connectivity index (χ3n) is 6.11. The van der Waals surface area contributed by atoms with Crippen LogP contribution in [0.15, 0.2) is 48.8 Å². The van der Waals surface area contributed by atoms with Crippen molar-refractivity contribution >= 4 is 11.8 Å². The summed E-state index contributed by atoms with van der Waals surface area (Å²) in [6.07, 6.45) is 6.11. The molecule has 0 radical (unpaired) electrons. The Morgan fingerprint density at radius 1 is 1.14 bits per heavy atom. The Labute approximate surface area is 171 Å². The van der Waals surface area contributed by atoms with E-state index in [1.165, 1.54) is 0 Å². The number of hydrogen-bond acceptors (Lipinski definition) is 4. The molecule has 1 aromatic carbocycles. The molecule has 1 aromatic heterocycles. The number of benzene rings is 1. The molecular formula is C23H27N3O3. The second kappa shape index (κ2) is 7.85. The number of piperidine rings is 1. The number of rotatable bonds is 3. The molecule has 152 valence electrons. The van der Waals surface area contributed by atoms with Gasteiger partial charge in [-0.05, 0) is 30.2 Å². The third-order valence-corrected chi connectivity index (χ3v) is 6.11. The van der Waals surface area contributed by atoms with E-state index in [9.17, 15) is 9.59 Å². The summed E-state index contributed by atoms with van der Waals surface area (Å²) in [5.41, 5.74) is 1.46. The van der Waals surface area contributed by atoms with Gasteiger partial charge in [0.25, 0.3) is 5.91 Å². The van der Waals surface area contributed by atoms with Crippen LogP contribution in [0.25, 0.3) is 0 Å². The molecule has 0 N–H and O–H groups in total. The number of ether oxygens (including phenoxy) is 1. The zero-order chi connectivity index (χ0) is 20.4. The number of likely N-dealkylation sites (tertiary alicyclic amines) is 1. The fourth-order valence-electron chi connectivity index (χ4n) is 4.42. The quantitative estimate of drug-likeness (QED) is 0.804. The number of carbonyl (C=O) groups is 2. The van der Waals surface area contributed by atoms with E-state index in [1.807, 2.05) is 23.1 Å². The number of fused-ring (bicyclic) bond motifs is 1. The van der Waals surface area contributed by atoms with Gasteiger partial charge in [-0.2, -0.15) is 0 Å². The first kappa shape index (κ1) is 19.4. The predicted molar refractivity (Wildman–Crippen MR) is 110 cm³/mol. The van der Waals surface area contributed by atoms with E-state index in [1.54, 1.807) is 43.5 Å². The highest BCUT2D eigenvalue weighted by molar-refractivity contribution is 5.94. The van der Waals surface area contributed by atoms with E-state index in [2.05, 4.69) is 11.1 Å². The lowest BCUT2D eigenvalue weighted by Crippen LogP contribution is -2.52. The molecule has 2 amide bonds. The molecular weight excluding hydrogens is 366 g/mol. The van der Waals surface area contributed by atoms with Gasteiger partial charge in [-0.1, -0.05) is 18.2 Å². The topological polar surface area (TPSA) is 62.7 Å². The van der Waals surface area contributed by atoms with Crippen LogP contribution < -0.4 is 4.74 Å². The highest BCUT2D eigenvalue weighted by atomic mass is 16.5. The van der Waals surface area contributed by atoms with E-state index >= 15 is 0 Å². The Bertz CT molecular complexity index is 889. The third kappa shape index (κ3) is 3.97. The molecule has 1 spiro atoms. The van der Waals surface area contributed by atoms with Crippen molar-refractivity contribution in [2.24, 2.45) is 0 Å². The van der Waals surface area contributed by atoms with Crippen LogP contribution in [0.4, 0.5) is 0 Å². The summed E-state index contributed by atoms with van der Waals surface area (Å²) in [5, 5.41) is 0. The number of para-hydroxylation sites is 1.